The van der Waals surface area contributed by atoms with Crippen LogP contribution in [-0.2, 0) is 11.3 Å². The second-order valence-electron chi connectivity index (χ2n) is 8.86. The zero-order valence-corrected chi connectivity index (χ0v) is 18.9. The molecular formula is C28H25N3O4. The fourth-order valence-electron chi connectivity index (χ4n) is 5.25. The summed E-state index contributed by atoms with van der Waals surface area (Å²) < 4.78 is 11.7. The van der Waals surface area contributed by atoms with Crippen LogP contribution in [0.5, 0.6) is 17.2 Å². The van der Waals surface area contributed by atoms with Gasteiger partial charge in [0.25, 0.3) is 0 Å². The highest BCUT2D eigenvalue weighted by atomic mass is 16.5. The van der Waals surface area contributed by atoms with Gasteiger partial charge in [-0.2, -0.15) is 0 Å². The molecule has 0 aliphatic carbocycles. The Labute approximate surface area is 202 Å². The van der Waals surface area contributed by atoms with Crippen molar-refractivity contribution in [3.8, 4) is 17.2 Å². The molecule has 7 nitrogen and oxygen atoms in total. The van der Waals surface area contributed by atoms with Crippen molar-refractivity contribution in [1.82, 2.24) is 15.8 Å². The van der Waals surface area contributed by atoms with Crippen LogP contribution in [-0.4, -0.2) is 22.0 Å². The number of nitrogens with one attached hydrogen (secondary N) is 2. The van der Waals surface area contributed by atoms with Crippen LogP contribution in [0.1, 0.15) is 29.0 Å². The number of carbonyl (C=O) groups excluding carboxylic acids is 1. The van der Waals surface area contributed by atoms with E-state index in [4.69, 9.17) is 9.15 Å². The Balaban J connectivity index is 1.40. The summed E-state index contributed by atoms with van der Waals surface area (Å²) in [4.78, 5) is 15.5. The molecule has 35 heavy (non-hydrogen) atoms. The molecular weight excluding hydrogens is 442 g/mol. The quantitative estimate of drug-likeness (QED) is 0.381. The van der Waals surface area contributed by atoms with Crippen molar-refractivity contribution in [2.24, 2.45) is 5.92 Å². The maximum Gasteiger partial charge on any atom is 0.242 e. The number of phenols is 1. The molecule has 4 unspecified atom stereocenters. The van der Waals surface area contributed by atoms with Crippen molar-refractivity contribution in [3.63, 3.8) is 0 Å². The van der Waals surface area contributed by atoms with Crippen molar-refractivity contribution in [2.45, 2.75) is 24.7 Å². The smallest absolute Gasteiger partial charge is 0.242 e. The Kier molecular flexibility index (Phi) is 5.48. The zero-order chi connectivity index (χ0) is 23.8. The van der Waals surface area contributed by atoms with Gasteiger partial charge in [0, 0.05) is 11.5 Å². The lowest BCUT2D eigenvalue weighted by Gasteiger charge is -2.31. The summed E-state index contributed by atoms with van der Waals surface area (Å²) in [6, 6.07) is 27.4. The number of rotatable bonds is 6. The molecule has 4 atom stereocenters. The van der Waals surface area contributed by atoms with Crippen molar-refractivity contribution in [3.05, 3.63) is 114 Å². The summed E-state index contributed by atoms with van der Waals surface area (Å²) in [5, 5.41) is 10.6. The molecule has 6 rings (SSSR count). The normalized spacial score (nSPS) is 23.4. The second-order valence-corrected chi connectivity index (χ2v) is 8.86. The number of ether oxygens (including phenoxy) is 1. The molecule has 2 fully saturated rings. The molecule has 7 heteroatoms. The third-order valence-electron chi connectivity index (χ3n) is 6.77. The minimum absolute atomic E-state index is 0.0174. The maximum absolute atomic E-state index is 13.6. The number of likely N-dealkylation sites (tertiary alicyclic amines) is 1. The van der Waals surface area contributed by atoms with Crippen LogP contribution in [0.25, 0.3) is 0 Å². The molecule has 3 aromatic carbocycles. The molecule has 0 radical (unpaired) electrons. The molecule has 2 aliphatic heterocycles. The van der Waals surface area contributed by atoms with Crippen LogP contribution in [0, 0.1) is 5.92 Å². The number of amides is 1. The Hall–Kier alpha value is -4.07. The first-order chi connectivity index (χ1) is 17.2. The molecule has 176 valence electrons. The summed E-state index contributed by atoms with van der Waals surface area (Å²) >= 11 is 0. The van der Waals surface area contributed by atoms with Crippen molar-refractivity contribution in [2.75, 3.05) is 0 Å². The van der Waals surface area contributed by atoms with Crippen LogP contribution in [0.15, 0.2) is 102 Å². The highest BCUT2D eigenvalue weighted by molar-refractivity contribution is 5.86. The SMILES string of the molecule is O=C1C2NNC(c3ccccc3O)C2C(c2cccc(Oc3ccccc3)c2)N1Cc1ccco1. The molecule has 3 N–H and O–H groups in total. The van der Waals surface area contributed by atoms with Crippen LogP contribution in [0.2, 0.25) is 0 Å². The van der Waals surface area contributed by atoms with Crippen molar-refractivity contribution in [1.29, 1.82) is 0 Å². The molecule has 3 heterocycles. The zero-order valence-electron chi connectivity index (χ0n) is 18.9. The van der Waals surface area contributed by atoms with Crippen LogP contribution in [0.3, 0.4) is 0 Å². The number of furan rings is 1. The van der Waals surface area contributed by atoms with E-state index in [-0.39, 0.29) is 29.7 Å². The first-order valence-corrected chi connectivity index (χ1v) is 11.6. The summed E-state index contributed by atoms with van der Waals surface area (Å²) in [6.07, 6.45) is 1.62. The standard InChI is InChI=1S/C28H25N3O4/c32-23-14-5-4-13-22(23)25-24-26(30-29-25)28(33)31(17-21-12-7-15-34-21)27(24)18-8-6-11-20(16-18)35-19-9-2-1-3-10-19/h1-16,24-27,29-30,32H,17H2. The number of hydrogen-bond donors (Lipinski definition) is 3. The topological polar surface area (TPSA) is 87.0 Å². The van der Waals surface area contributed by atoms with Gasteiger partial charge in [-0.15, -0.1) is 0 Å². The minimum atomic E-state index is -0.446. The fourth-order valence-corrected chi connectivity index (χ4v) is 5.25. The Morgan fingerprint density at radius 2 is 1.63 bits per heavy atom. The molecule has 1 amide bonds. The van der Waals surface area contributed by atoms with Crippen LogP contribution < -0.4 is 15.6 Å². The van der Waals surface area contributed by atoms with E-state index in [1.807, 2.05) is 83.8 Å². The van der Waals surface area contributed by atoms with Gasteiger partial charge >= 0.3 is 0 Å². The van der Waals surface area contributed by atoms with Gasteiger partial charge in [-0.1, -0.05) is 48.5 Å². The molecule has 0 saturated carbocycles. The van der Waals surface area contributed by atoms with Crippen LogP contribution in [0.4, 0.5) is 0 Å². The lowest BCUT2D eigenvalue weighted by atomic mass is 9.83. The Morgan fingerprint density at radius 1 is 0.857 bits per heavy atom. The van der Waals surface area contributed by atoms with Crippen LogP contribution >= 0.6 is 0 Å². The van der Waals surface area contributed by atoms with Gasteiger partial charge in [-0.25, -0.2) is 10.9 Å². The van der Waals surface area contributed by atoms with Gasteiger partial charge in [0.2, 0.25) is 5.91 Å². The third-order valence-corrected chi connectivity index (χ3v) is 6.77. The number of phenolic OH excluding ortho intramolecular Hbond substituents is 1. The van der Waals surface area contributed by atoms with E-state index in [1.54, 1.807) is 18.4 Å². The van der Waals surface area contributed by atoms with E-state index in [0.29, 0.717) is 18.1 Å². The monoisotopic (exact) mass is 467 g/mol. The Bertz CT molecular complexity index is 1330. The molecule has 1 aromatic heterocycles. The summed E-state index contributed by atoms with van der Waals surface area (Å²) in [5.41, 5.74) is 8.17. The van der Waals surface area contributed by atoms with E-state index in [2.05, 4.69) is 10.9 Å². The molecule has 0 bridgehead atoms. The lowest BCUT2D eigenvalue weighted by molar-refractivity contribution is -0.131. The number of benzene rings is 3. The minimum Gasteiger partial charge on any atom is -0.508 e. The van der Waals surface area contributed by atoms with Gasteiger partial charge in [0.05, 0.1) is 24.9 Å². The van der Waals surface area contributed by atoms with Gasteiger partial charge < -0.3 is 19.2 Å². The van der Waals surface area contributed by atoms with E-state index in [1.165, 1.54) is 0 Å². The molecule has 0 spiro atoms. The third kappa shape index (κ3) is 3.95. The average molecular weight is 468 g/mol. The average Bonchev–Trinajstić information content (AvgIpc) is 3.60. The highest BCUT2D eigenvalue weighted by Gasteiger charge is 2.56. The molecule has 2 saturated heterocycles. The number of fused-ring (bicyclic) bond motifs is 1. The maximum atomic E-state index is 13.6. The summed E-state index contributed by atoms with van der Waals surface area (Å²) in [6.45, 7) is 0.350. The number of aromatic hydroxyl groups is 1. The lowest BCUT2D eigenvalue weighted by Crippen LogP contribution is -2.41. The summed E-state index contributed by atoms with van der Waals surface area (Å²) in [7, 11) is 0. The largest absolute Gasteiger partial charge is 0.508 e. The highest BCUT2D eigenvalue weighted by Crippen LogP contribution is 2.49. The van der Waals surface area contributed by atoms with Gasteiger partial charge in [-0.3, -0.25) is 4.79 Å². The van der Waals surface area contributed by atoms with E-state index in [9.17, 15) is 9.90 Å². The van der Waals surface area contributed by atoms with E-state index >= 15 is 0 Å². The predicted octanol–water partition coefficient (Wildman–Crippen LogP) is 4.69. The second kappa shape index (κ2) is 8.94. The molecule has 2 aliphatic rings. The van der Waals surface area contributed by atoms with Gasteiger partial charge in [0.15, 0.2) is 0 Å². The van der Waals surface area contributed by atoms with Crippen molar-refractivity contribution < 1.29 is 19.1 Å². The predicted molar refractivity (Wildman–Crippen MR) is 129 cm³/mol. The fraction of sp³-hybridized carbons (Fsp3) is 0.179. The number of nitrogens with zero attached hydrogens (tertiary/aromatic N) is 1. The van der Waals surface area contributed by atoms with Crippen molar-refractivity contribution >= 4 is 5.91 Å². The number of carbonyl (C=O) groups is 1. The summed E-state index contributed by atoms with van der Waals surface area (Å²) in [5.74, 6) is 2.17. The number of hydrazine groups is 1. The number of hydrogen-bond acceptors (Lipinski definition) is 6. The van der Waals surface area contributed by atoms with E-state index in [0.717, 1.165) is 16.9 Å². The number of para-hydroxylation sites is 2. The first kappa shape index (κ1) is 21.5. The molecule has 4 aromatic rings. The van der Waals surface area contributed by atoms with E-state index < -0.39 is 6.04 Å². The first-order valence-electron chi connectivity index (χ1n) is 11.6. The Morgan fingerprint density at radius 3 is 2.43 bits per heavy atom. The van der Waals surface area contributed by atoms with Gasteiger partial charge in [0.1, 0.15) is 29.1 Å². The van der Waals surface area contributed by atoms with Gasteiger partial charge in [-0.05, 0) is 48.0 Å².